The predicted molar refractivity (Wildman–Crippen MR) is 80.6 cm³/mol. The summed E-state index contributed by atoms with van der Waals surface area (Å²) < 4.78 is 13.9. The fourth-order valence-electron chi connectivity index (χ4n) is 2.56. The van der Waals surface area contributed by atoms with Crippen LogP contribution in [0.1, 0.15) is 11.1 Å². The van der Waals surface area contributed by atoms with Gasteiger partial charge in [0.1, 0.15) is 5.82 Å². The molecule has 0 bridgehead atoms. The van der Waals surface area contributed by atoms with E-state index in [9.17, 15) is 4.39 Å². The molecule has 3 rings (SSSR count). The molecular weight excluding hydrogens is 275 g/mol. The van der Waals surface area contributed by atoms with Gasteiger partial charge in [-0.2, -0.15) is 0 Å². The van der Waals surface area contributed by atoms with Crippen LogP contribution in [0.4, 0.5) is 10.1 Å². The standard InChI is InChI=1S/C16H16ClFN2/c17-14-5-6-15(18)13(9-14)11-20-8-7-19-10-12-3-1-2-4-16(12)20/h1-6,9,19H,7-8,10-11H2. The Balaban J connectivity index is 1.92. The third-order valence-corrected chi connectivity index (χ3v) is 3.81. The summed E-state index contributed by atoms with van der Waals surface area (Å²) in [5.41, 5.74) is 3.04. The summed E-state index contributed by atoms with van der Waals surface area (Å²) in [7, 11) is 0. The van der Waals surface area contributed by atoms with Gasteiger partial charge in [0.05, 0.1) is 0 Å². The Labute approximate surface area is 123 Å². The van der Waals surface area contributed by atoms with Crippen molar-refractivity contribution in [3.05, 3.63) is 64.4 Å². The van der Waals surface area contributed by atoms with Gasteiger partial charge in [-0.15, -0.1) is 0 Å². The van der Waals surface area contributed by atoms with E-state index < -0.39 is 0 Å². The first-order valence-electron chi connectivity index (χ1n) is 6.71. The lowest BCUT2D eigenvalue weighted by molar-refractivity contribution is 0.602. The highest BCUT2D eigenvalue weighted by Crippen LogP contribution is 2.25. The maximum absolute atomic E-state index is 13.9. The van der Waals surface area contributed by atoms with Crippen LogP contribution in [-0.4, -0.2) is 13.1 Å². The minimum absolute atomic E-state index is 0.205. The van der Waals surface area contributed by atoms with E-state index >= 15 is 0 Å². The first-order valence-corrected chi connectivity index (χ1v) is 7.09. The van der Waals surface area contributed by atoms with Crippen molar-refractivity contribution in [1.29, 1.82) is 0 Å². The number of hydrogen-bond acceptors (Lipinski definition) is 2. The first kappa shape index (κ1) is 13.4. The van der Waals surface area contributed by atoms with Crippen LogP contribution in [0.3, 0.4) is 0 Å². The Morgan fingerprint density at radius 2 is 2.05 bits per heavy atom. The number of nitrogens with one attached hydrogen (secondary N) is 1. The van der Waals surface area contributed by atoms with Crippen molar-refractivity contribution in [1.82, 2.24) is 5.32 Å². The second-order valence-electron chi connectivity index (χ2n) is 4.96. The summed E-state index contributed by atoms with van der Waals surface area (Å²) in [5, 5.41) is 3.96. The number of nitrogens with zero attached hydrogens (tertiary/aromatic N) is 1. The molecule has 2 nitrogen and oxygen atoms in total. The Morgan fingerprint density at radius 1 is 1.20 bits per heavy atom. The molecule has 104 valence electrons. The number of rotatable bonds is 2. The third kappa shape index (κ3) is 2.79. The summed E-state index contributed by atoms with van der Waals surface area (Å²) in [4.78, 5) is 2.20. The molecule has 1 aliphatic heterocycles. The van der Waals surface area contributed by atoms with Crippen LogP contribution in [0, 0.1) is 5.82 Å². The van der Waals surface area contributed by atoms with Crippen LogP contribution in [0.25, 0.3) is 0 Å². The summed E-state index contributed by atoms with van der Waals surface area (Å²) in [5.74, 6) is -0.205. The normalized spacial score (nSPS) is 14.8. The summed E-state index contributed by atoms with van der Waals surface area (Å²) >= 11 is 5.97. The highest BCUT2D eigenvalue weighted by Gasteiger charge is 2.16. The Kier molecular flexibility index (Phi) is 3.90. The summed E-state index contributed by atoms with van der Waals surface area (Å²) in [6.45, 7) is 3.12. The van der Waals surface area contributed by atoms with E-state index in [0.29, 0.717) is 17.1 Å². The molecule has 20 heavy (non-hydrogen) atoms. The molecule has 1 heterocycles. The van der Waals surface area contributed by atoms with Gasteiger partial charge in [0.25, 0.3) is 0 Å². The molecule has 0 unspecified atom stereocenters. The van der Waals surface area contributed by atoms with Gasteiger partial charge in [-0.1, -0.05) is 29.8 Å². The largest absolute Gasteiger partial charge is 0.366 e. The van der Waals surface area contributed by atoms with Crippen molar-refractivity contribution in [2.24, 2.45) is 0 Å². The van der Waals surface area contributed by atoms with E-state index in [1.165, 1.54) is 11.6 Å². The molecule has 4 heteroatoms. The molecule has 2 aromatic carbocycles. The van der Waals surface area contributed by atoms with Crippen LogP contribution in [0.2, 0.25) is 5.02 Å². The molecule has 1 N–H and O–H groups in total. The molecule has 0 saturated carbocycles. The fraction of sp³-hybridized carbons (Fsp3) is 0.250. The molecule has 0 spiro atoms. The lowest BCUT2D eigenvalue weighted by Crippen LogP contribution is -2.28. The second kappa shape index (κ2) is 5.81. The van der Waals surface area contributed by atoms with Gasteiger partial charge >= 0.3 is 0 Å². The van der Waals surface area contributed by atoms with Crippen LogP contribution in [-0.2, 0) is 13.1 Å². The predicted octanol–water partition coefficient (Wildman–Crippen LogP) is 3.59. The van der Waals surface area contributed by atoms with E-state index in [1.54, 1.807) is 12.1 Å². The van der Waals surface area contributed by atoms with Crippen molar-refractivity contribution in [2.45, 2.75) is 13.1 Å². The van der Waals surface area contributed by atoms with Gasteiger partial charge in [-0.3, -0.25) is 0 Å². The average molecular weight is 291 g/mol. The van der Waals surface area contributed by atoms with Gasteiger partial charge in [-0.25, -0.2) is 4.39 Å². The molecular formula is C16H16ClFN2. The summed E-state index contributed by atoms with van der Waals surface area (Å²) in [6.07, 6.45) is 0. The third-order valence-electron chi connectivity index (χ3n) is 3.58. The number of para-hydroxylation sites is 1. The molecule has 0 atom stereocenters. The molecule has 0 saturated heterocycles. The van der Waals surface area contributed by atoms with E-state index in [0.717, 1.165) is 25.3 Å². The van der Waals surface area contributed by atoms with Crippen LogP contribution < -0.4 is 10.2 Å². The molecule has 0 fully saturated rings. The Hall–Kier alpha value is -1.58. The van der Waals surface area contributed by atoms with Crippen molar-refractivity contribution < 1.29 is 4.39 Å². The maximum atomic E-state index is 13.9. The highest BCUT2D eigenvalue weighted by atomic mass is 35.5. The van der Waals surface area contributed by atoms with Gasteiger partial charge < -0.3 is 10.2 Å². The monoisotopic (exact) mass is 290 g/mol. The van der Waals surface area contributed by atoms with E-state index in [4.69, 9.17) is 11.6 Å². The SMILES string of the molecule is Fc1ccc(Cl)cc1CN1CCNCc2ccccc21. The molecule has 0 amide bonds. The lowest BCUT2D eigenvalue weighted by Gasteiger charge is -2.25. The van der Waals surface area contributed by atoms with Crippen molar-refractivity contribution in [3.63, 3.8) is 0 Å². The smallest absolute Gasteiger partial charge is 0.128 e. The van der Waals surface area contributed by atoms with Crippen molar-refractivity contribution >= 4 is 17.3 Å². The zero-order valence-corrected chi connectivity index (χ0v) is 11.8. The van der Waals surface area contributed by atoms with Gasteiger partial charge in [0.2, 0.25) is 0 Å². The van der Waals surface area contributed by atoms with Crippen molar-refractivity contribution in [3.8, 4) is 0 Å². The number of anilines is 1. The van der Waals surface area contributed by atoms with Crippen LogP contribution >= 0.6 is 11.6 Å². The molecule has 0 aliphatic carbocycles. The molecule has 0 radical (unpaired) electrons. The van der Waals surface area contributed by atoms with Crippen LogP contribution in [0.15, 0.2) is 42.5 Å². The number of benzene rings is 2. The fourth-order valence-corrected chi connectivity index (χ4v) is 2.76. The maximum Gasteiger partial charge on any atom is 0.128 e. The van der Waals surface area contributed by atoms with Gasteiger partial charge in [0.15, 0.2) is 0 Å². The zero-order valence-electron chi connectivity index (χ0n) is 11.1. The molecule has 1 aliphatic rings. The topological polar surface area (TPSA) is 15.3 Å². The number of halogens is 2. The van der Waals surface area contributed by atoms with E-state index in [1.807, 2.05) is 12.1 Å². The number of fused-ring (bicyclic) bond motifs is 1. The lowest BCUT2D eigenvalue weighted by atomic mass is 10.1. The quantitative estimate of drug-likeness (QED) is 0.909. The highest BCUT2D eigenvalue weighted by molar-refractivity contribution is 6.30. The van der Waals surface area contributed by atoms with E-state index in [2.05, 4.69) is 22.3 Å². The molecule has 0 aromatic heterocycles. The van der Waals surface area contributed by atoms with Crippen molar-refractivity contribution in [2.75, 3.05) is 18.0 Å². The Bertz CT molecular complexity index is 615. The van der Waals surface area contributed by atoms with Gasteiger partial charge in [-0.05, 0) is 29.8 Å². The Morgan fingerprint density at radius 3 is 2.95 bits per heavy atom. The second-order valence-corrected chi connectivity index (χ2v) is 5.40. The van der Waals surface area contributed by atoms with Gasteiger partial charge in [0, 0.05) is 42.5 Å². The van der Waals surface area contributed by atoms with Crippen LogP contribution in [0.5, 0.6) is 0 Å². The number of hydrogen-bond donors (Lipinski definition) is 1. The summed E-state index contributed by atoms with van der Waals surface area (Å²) in [6, 6.07) is 13.0. The molecule has 2 aromatic rings. The van der Waals surface area contributed by atoms with E-state index in [-0.39, 0.29) is 5.82 Å². The average Bonchev–Trinajstić information content (AvgIpc) is 2.66. The minimum atomic E-state index is -0.205. The minimum Gasteiger partial charge on any atom is -0.366 e. The first-order chi connectivity index (χ1) is 9.74. The zero-order chi connectivity index (χ0) is 13.9.